The van der Waals surface area contributed by atoms with Crippen molar-refractivity contribution in [2.24, 2.45) is 0 Å². The van der Waals surface area contributed by atoms with Gasteiger partial charge in [0.15, 0.2) is 0 Å². The molecule has 0 bridgehead atoms. The van der Waals surface area contributed by atoms with Gasteiger partial charge in [-0.1, -0.05) is 13.8 Å². The van der Waals surface area contributed by atoms with Crippen molar-refractivity contribution >= 4 is 27.4 Å². The molecule has 5 heteroatoms. The lowest BCUT2D eigenvalue weighted by atomic mass is 9.91. The minimum atomic E-state index is -0.528. The van der Waals surface area contributed by atoms with Crippen LogP contribution in [-0.2, 0) is 6.42 Å². The van der Waals surface area contributed by atoms with Gasteiger partial charge in [-0.15, -0.1) is 11.3 Å². The van der Waals surface area contributed by atoms with Crippen LogP contribution in [0.3, 0.4) is 0 Å². The highest BCUT2D eigenvalue weighted by Crippen LogP contribution is 2.34. The first-order chi connectivity index (χ1) is 8.65. The molecule has 3 rings (SSSR count). The van der Waals surface area contributed by atoms with Gasteiger partial charge in [-0.2, -0.15) is 0 Å². The minimum absolute atomic E-state index is 0.528. The zero-order valence-electron chi connectivity index (χ0n) is 10.7. The summed E-state index contributed by atoms with van der Waals surface area (Å²) in [7, 11) is 0. The molecule has 0 unspecified atom stereocenters. The SMILES string of the molecule is CCc1nc(N2CC(O)(CC)C2)c2ccsc2n1. The fourth-order valence-corrected chi connectivity index (χ4v) is 3.10. The lowest BCUT2D eigenvalue weighted by Gasteiger charge is -2.47. The standard InChI is InChI=1S/C13H17N3OS/c1-3-10-14-11(9-5-6-18-12(9)15-10)16-7-13(17,4-2)8-16/h5-6,17H,3-4,7-8H2,1-2H3. The van der Waals surface area contributed by atoms with E-state index in [2.05, 4.69) is 27.9 Å². The van der Waals surface area contributed by atoms with E-state index in [0.717, 1.165) is 34.7 Å². The van der Waals surface area contributed by atoms with Crippen molar-refractivity contribution in [2.75, 3.05) is 18.0 Å². The second-order valence-electron chi connectivity index (χ2n) is 4.89. The van der Waals surface area contributed by atoms with Crippen molar-refractivity contribution in [3.63, 3.8) is 0 Å². The predicted octanol–water partition coefficient (Wildman–Crippen LogP) is 2.21. The maximum Gasteiger partial charge on any atom is 0.141 e. The maximum atomic E-state index is 10.1. The molecule has 0 radical (unpaired) electrons. The van der Waals surface area contributed by atoms with E-state index < -0.39 is 5.60 Å². The molecule has 3 heterocycles. The molecule has 0 aliphatic carbocycles. The molecule has 96 valence electrons. The number of hydrogen-bond acceptors (Lipinski definition) is 5. The van der Waals surface area contributed by atoms with E-state index in [1.54, 1.807) is 11.3 Å². The van der Waals surface area contributed by atoms with Crippen molar-refractivity contribution in [1.29, 1.82) is 0 Å². The molecule has 0 amide bonds. The summed E-state index contributed by atoms with van der Waals surface area (Å²) in [4.78, 5) is 12.4. The zero-order valence-corrected chi connectivity index (χ0v) is 11.5. The van der Waals surface area contributed by atoms with Gasteiger partial charge in [-0.05, 0) is 17.9 Å². The van der Waals surface area contributed by atoms with Crippen LogP contribution in [0.2, 0.25) is 0 Å². The van der Waals surface area contributed by atoms with Gasteiger partial charge in [0.1, 0.15) is 16.5 Å². The molecule has 0 aromatic carbocycles. The number of anilines is 1. The molecule has 4 nitrogen and oxygen atoms in total. The summed E-state index contributed by atoms with van der Waals surface area (Å²) in [5.41, 5.74) is -0.528. The number of thiophene rings is 1. The quantitative estimate of drug-likeness (QED) is 0.922. The molecule has 1 aliphatic heterocycles. The first kappa shape index (κ1) is 11.9. The highest BCUT2D eigenvalue weighted by molar-refractivity contribution is 7.16. The molecule has 0 spiro atoms. The van der Waals surface area contributed by atoms with Gasteiger partial charge >= 0.3 is 0 Å². The average molecular weight is 263 g/mol. The van der Waals surface area contributed by atoms with E-state index in [1.807, 2.05) is 12.3 Å². The van der Waals surface area contributed by atoms with Crippen LogP contribution in [0.5, 0.6) is 0 Å². The van der Waals surface area contributed by atoms with Gasteiger partial charge in [-0.25, -0.2) is 9.97 Å². The van der Waals surface area contributed by atoms with Crippen LogP contribution >= 0.6 is 11.3 Å². The summed E-state index contributed by atoms with van der Waals surface area (Å²) >= 11 is 1.65. The molecule has 18 heavy (non-hydrogen) atoms. The Bertz CT molecular complexity index is 575. The molecule has 1 N–H and O–H groups in total. The van der Waals surface area contributed by atoms with Crippen LogP contribution in [0.15, 0.2) is 11.4 Å². The van der Waals surface area contributed by atoms with Crippen LogP contribution in [0.25, 0.3) is 10.2 Å². The lowest BCUT2D eigenvalue weighted by molar-refractivity contribution is 0.00821. The number of hydrogen-bond donors (Lipinski definition) is 1. The monoisotopic (exact) mass is 263 g/mol. The third-order valence-electron chi connectivity index (χ3n) is 3.60. The summed E-state index contributed by atoms with van der Waals surface area (Å²) < 4.78 is 0. The highest BCUT2D eigenvalue weighted by atomic mass is 32.1. The molecule has 1 aliphatic rings. The molecule has 1 fully saturated rings. The van der Waals surface area contributed by atoms with Crippen molar-refractivity contribution in [3.05, 3.63) is 17.3 Å². The fourth-order valence-electron chi connectivity index (χ4n) is 2.32. The second-order valence-corrected chi connectivity index (χ2v) is 5.78. The topological polar surface area (TPSA) is 49.2 Å². The third-order valence-corrected chi connectivity index (χ3v) is 4.40. The van der Waals surface area contributed by atoms with E-state index in [0.29, 0.717) is 13.1 Å². The third kappa shape index (κ3) is 1.78. The Balaban J connectivity index is 1.99. The van der Waals surface area contributed by atoms with Crippen molar-refractivity contribution in [3.8, 4) is 0 Å². The Morgan fingerprint density at radius 1 is 1.39 bits per heavy atom. The number of aryl methyl sites for hydroxylation is 1. The number of nitrogens with zero attached hydrogens (tertiary/aromatic N) is 3. The van der Waals surface area contributed by atoms with E-state index in [1.165, 1.54) is 0 Å². The highest BCUT2D eigenvalue weighted by Gasteiger charge is 2.40. The Hall–Kier alpha value is -1.20. The Kier molecular flexibility index (Phi) is 2.75. The summed E-state index contributed by atoms with van der Waals surface area (Å²) in [5, 5.41) is 13.3. The first-order valence-corrected chi connectivity index (χ1v) is 7.24. The molecule has 1 saturated heterocycles. The van der Waals surface area contributed by atoms with Crippen LogP contribution in [0.1, 0.15) is 26.1 Å². The largest absolute Gasteiger partial charge is 0.386 e. The summed E-state index contributed by atoms with van der Waals surface area (Å²) in [6.45, 7) is 5.44. The maximum absolute atomic E-state index is 10.1. The van der Waals surface area contributed by atoms with Gasteiger partial charge in [0, 0.05) is 19.5 Å². The summed E-state index contributed by atoms with van der Waals surface area (Å²) in [6, 6.07) is 2.07. The van der Waals surface area contributed by atoms with Crippen molar-refractivity contribution in [2.45, 2.75) is 32.3 Å². The Morgan fingerprint density at radius 3 is 2.83 bits per heavy atom. The molecule has 0 atom stereocenters. The van der Waals surface area contributed by atoms with Crippen LogP contribution < -0.4 is 4.90 Å². The summed E-state index contributed by atoms with van der Waals surface area (Å²) in [5.74, 6) is 1.86. The van der Waals surface area contributed by atoms with Gasteiger partial charge in [0.05, 0.1) is 11.0 Å². The van der Waals surface area contributed by atoms with E-state index >= 15 is 0 Å². The number of aliphatic hydroxyl groups is 1. The average Bonchev–Trinajstić information content (AvgIpc) is 2.81. The van der Waals surface area contributed by atoms with E-state index in [-0.39, 0.29) is 0 Å². The number of aromatic nitrogens is 2. The predicted molar refractivity (Wildman–Crippen MR) is 74.2 cm³/mol. The van der Waals surface area contributed by atoms with Crippen molar-refractivity contribution < 1.29 is 5.11 Å². The fraction of sp³-hybridized carbons (Fsp3) is 0.538. The van der Waals surface area contributed by atoms with Gasteiger partial charge < -0.3 is 10.0 Å². The van der Waals surface area contributed by atoms with Crippen LogP contribution in [0.4, 0.5) is 5.82 Å². The van der Waals surface area contributed by atoms with E-state index in [4.69, 9.17) is 0 Å². The Morgan fingerprint density at radius 2 is 2.17 bits per heavy atom. The number of β-amino-alcohol motifs (C(OH)–C–C–N with tert-alkyl or cyclic N) is 1. The lowest BCUT2D eigenvalue weighted by Crippen LogP contribution is -2.62. The van der Waals surface area contributed by atoms with Gasteiger partial charge in [0.25, 0.3) is 0 Å². The number of fused-ring (bicyclic) bond motifs is 1. The normalized spacial score (nSPS) is 18.1. The molecular weight excluding hydrogens is 246 g/mol. The zero-order chi connectivity index (χ0) is 12.8. The van der Waals surface area contributed by atoms with Crippen LogP contribution in [0, 0.1) is 0 Å². The first-order valence-electron chi connectivity index (χ1n) is 6.36. The van der Waals surface area contributed by atoms with Crippen LogP contribution in [-0.4, -0.2) is 33.8 Å². The number of rotatable bonds is 3. The smallest absolute Gasteiger partial charge is 0.141 e. The molecule has 0 saturated carbocycles. The molecule has 2 aromatic heterocycles. The Labute approximate surface area is 110 Å². The second kappa shape index (κ2) is 4.17. The van der Waals surface area contributed by atoms with Gasteiger partial charge in [-0.3, -0.25) is 0 Å². The summed E-state index contributed by atoms with van der Waals surface area (Å²) in [6.07, 6.45) is 1.63. The molecular formula is C13H17N3OS. The minimum Gasteiger partial charge on any atom is -0.386 e. The van der Waals surface area contributed by atoms with E-state index in [9.17, 15) is 5.11 Å². The van der Waals surface area contributed by atoms with Crippen molar-refractivity contribution in [1.82, 2.24) is 9.97 Å². The van der Waals surface area contributed by atoms with Gasteiger partial charge in [0.2, 0.25) is 0 Å². The molecule has 2 aromatic rings.